The van der Waals surface area contributed by atoms with E-state index in [0.29, 0.717) is 29.6 Å². The molecule has 0 spiro atoms. The fourth-order valence-electron chi connectivity index (χ4n) is 8.87. The molecule has 4 nitrogen and oxygen atoms in total. The van der Waals surface area contributed by atoms with Gasteiger partial charge in [-0.1, -0.05) is 20.8 Å². The molecule has 0 aliphatic heterocycles. The van der Waals surface area contributed by atoms with E-state index in [1.165, 1.54) is 0 Å². The molecule has 4 rings (SSSR count). The van der Waals surface area contributed by atoms with Crippen molar-refractivity contribution < 1.29 is 19.4 Å². The molecular formula is C24H37ClO4. The van der Waals surface area contributed by atoms with Gasteiger partial charge < -0.3 is 9.84 Å². The lowest BCUT2D eigenvalue weighted by atomic mass is 9.43. The third-order valence-electron chi connectivity index (χ3n) is 9.72. The van der Waals surface area contributed by atoms with E-state index in [-0.39, 0.29) is 46.6 Å². The van der Waals surface area contributed by atoms with E-state index in [0.717, 1.165) is 44.9 Å². The number of halogens is 1. The lowest BCUT2D eigenvalue weighted by Crippen LogP contribution is -2.60. The summed E-state index contributed by atoms with van der Waals surface area (Å²) in [5.41, 5.74) is -0.0284. The van der Waals surface area contributed by atoms with Crippen LogP contribution in [0.1, 0.15) is 72.6 Å². The van der Waals surface area contributed by atoms with E-state index in [4.69, 9.17) is 16.3 Å². The van der Waals surface area contributed by atoms with Gasteiger partial charge in [-0.25, -0.2) is 0 Å². The predicted octanol–water partition coefficient (Wildman–Crippen LogP) is 4.60. The minimum Gasteiger partial charge on any atom is -0.461 e. The Bertz CT molecular complexity index is 680. The molecule has 164 valence electrons. The SMILES string of the molecule is CC(=O)[C@H]1C(C)C[C@H]2[C@@H]3CCC4CC(O)CC[C@]4(C)[C@H]3C(OC(=O)CCl)C[C@]12C. The molecule has 4 unspecified atom stereocenters. The second-order valence-electron chi connectivity index (χ2n) is 11.2. The van der Waals surface area contributed by atoms with Gasteiger partial charge in [0.25, 0.3) is 0 Å². The molecule has 0 aromatic rings. The first kappa shape index (κ1) is 21.6. The molecule has 0 aromatic heterocycles. The number of carbonyl (C=O) groups is 2. The molecule has 5 heteroatoms. The Morgan fingerprint density at radius 2 is 1.86 bits per heavy atom. The summed E-state index contributed by atoms with van der Waals surface area (Å²) in [4.78, 5) is 24.9. The number of fused-ring (bicyclic) bond motifs is 5. The number of ketones is 1. The fourth-order valence-corrected chi connectivity index (χ4v) is 8.93. The zero-order valence-corrected chi connectivity index (χ0v) is 19.1. The van der Waals surface area contributed by atoms with Gasteiger partial charge in [0.05, 0.1) is 6.10 Å². The van der Waals surface area contributed by atoms with Crippen molar-refractivity contribution in [1.29, 1.82) is 0 Å². The Kier molecular flexibility index (Phi) is 5.60. The molecule has 0 saturated heterocycles. The molecule has 0 heterocycles. The number of rotatable bonds is 3. The summed E-state index contributed by atoms with van der Waals surface area (Å²) in [5.74, 6) is 2.01. The van der Waals surface area contributed by atoms with E-state index in [1.807, 2.05) is 0 Å². The Balaban J connectivity index is 1.74. The molecule has 0 aromatic carbocycles. The maximum atomic E-state index is 12.6. The van der Waals surface area contributed by atoms with E-state index < -0.39 is 0 Å². The van der Waals surface area contributed by atoms with Crippen molar-refractivity contribution in [3.8, 4) is 0 Å². The average molecular weight is 425 g/mol. The van der Waals surface area contributed by atoms with Crippen LogP contribution in [0.3, 0.4) is 0 Å². The molecule has 0 bridgehead atoms. The van der Waals surface area contributed by atoms with E-state index in [2.05, 4.69) is 20.8 Å². The number of aliphatic hydroxyl groups excluding tert-OH is 1. The first-order valence-corrected chi connectivity index (χ1v) is 12.1. The van der Waals surface area contributed by atoms with Gasteiger partial charge in [0.2, 0.25) is 0 Å². The smallest absolute Gasteiger partial charge is 0.321 e. The standard InChI is InChI=1S/C24H37ClO4/c1-13-9-18-17-6-5-15-10-16(27)7-8-23(15,3)22(17)19(29-20(28)12-25)11-24(18,4)21(13)14(2)26/h13,15-19,21-22,27H,5-12H2,1-4H3/t13?,15?,16?,17-,18-,19?,21+,22+,23-,24-/m0/s1. The zero-order chi connectivity index (χ0) is 21.1. The quantitative estimate of drug-likeness (QED) is 0.531. The van der Waals surface area contributed by atoms with Gasteiger partial charge in [-0.15, -0.1) is 11.6 Å². The Hall–Kier alpha value is -0.610. The van der Waals surface area contributed by atoms with Crippen molar-refractivity contribution in [1.82, 2.24) is 0 Å². The number of hydrogen-bond donors (Lipinski definition) is 1. The minimum absolute atomic E-state index is 0.0457. The molecule has 1 N–H and O–H groups in total. The molecule has 0 amide bonds. The summed E-state index contributed by atoms with van der Waals surface area (Å²) in [5, 5.41) is 10.3. The van der Waals surface area contributed by atoms with E-state index in [9.17, 15) is 14.7 Å². The van der Waals surface area contributed by atoms with Crippen molar-refractivity contribution >= 4 is 23.4 Å². The molecule has 4 aliphatic carbocycles. The number of esters is 1. The normalized spacial score (nSPS) is 51.5. The van der Waals surface area contributed by atoms with E-state index >= 15 is 0 Å². The molecule has 4 aliphatic rings. The van der Waals surface area contributed by atoms with Crippen LogP contribution in [-0.2, 0) is 14.3 Å². The molecule has 0 radical (unpaired) electrons. The molecule has 4 fully saturated rings. The highest BCUT2D eigenvalue weighted by atomic mass is 35.5. The summed E-state index contributed by atoms with van der Waals surface area (Å²) >= 11 is 5.82. The van der Waals surface area contributed by atoms with Gasteiger partial charge in [-0.05, 0) is 86.4 Å². The summed E-state index contributed by atoms with van der Waals surface area (Å²) in [6, 6.07) is 0. The highest BCUT2D eigenvalue weighted by Gasteiger charge is 2.65. The van der Waals surface area contributed by atoms with E-state index in [1.54, 1.807) is 6.92 Å². The second kappa shape index (κ2) is 7.51. The lowest BCUT2D eigenvalue weighted by molar-refractivity contribution is -0.197. The van der Waals surface area contributed by atoms with Crippen molar-refractivity contribution in [3.63, 3.8) is 0 Å². The Morgan fingerprint density at radius 1 is 1.14 bits per heavy atom. The van der Waals surface area contributed by atoms with Crippen LogP contribution < -0.4 is 0 Å². The van der Waals surface area contributed by atoms with Crippen molar-refractivity contribution in [2.75, 3.05) is 5.88 Å². The second-order valence-corrected chi connectivity index (χ2v) is 11.4. The minimum atomic E-state index is -0.343. The maximum absolute atomic E-state index is 12.6. The van der Waals surface area contributed by atoms with Crippen molar-refractivity contribution in [2.45, 2.75) is 84.8 Å². The summed E-state index contributed by atoms with van der Waals surface area (Å²) in [6.45, 7) is 8.63. The first-order valence-electron chi connectivity index (χ1n) is 11.6. The molecular weight excluding hydrogens is 388 g/mol. The van der Waals surface area contributed by atoms with Gasteiger partial charge in [0.1, 0.15) is 17.8 Å². The molecule has 4 saturated carbocycles. The van der Waals surface area contributed by atoms with Crippen LogP contribution in [0.4, 0.5) is 0 Å². The summed E-state index contributed by atoms with van der Waals surface area (Å²) in [6.07, 6.45) is 6.43. The number of carbonyl (C=O) groups excluding carboxylic acids is 2. The summed E-state index contributed by atoms with van der Waals surface area (Å²) in [7, 11) is 0. The lowest BCUT2D eigenvalue weighted by Gasteiger charge is -2.62. The van der Waals surface area contributed by atoms with Gasteiger partial charge in [0.15, 0.2) is 0 Å². The zero-order valence-electron chi connectivity index (χ0n) is 18.3. The van der Waals surface area contributed by atoms with Crippen molar-refractivity contribution in [3.05, 3.63) is 0 Å². The van der Waals surface area contributed by atoms with Gasteiger partial charge in [-0.2, -0.15) is 0 Å². The number of aliphatic hydroxyl groups is 1. The number of ether oxygens (including phenoxy) is 1. The largest absolute Gasteiger partial charge is 0.461 e. The first-order chi connectivity index (χ1) is 13.6. The van der Waals surface area contributed by atoms with Crippen LogP contribution in [0.25, 0.3) is 0 Å². The van der Waals surface area contributed by atoms with Crippen LogP contribution >= 0.6 is 11.6 Å². The van der Waals surface area contributed by atoms with Crippen LogP contribution in [-0.4, -0.2) is 34.9 Å². The van der Waals surface area contributed by atoms with Crippen LogP contribution in [0.2, 0.25) is 0 Å². The van der Waals surface area contributed by atoms with Crippen LogP contribution in [0.5, 0.6) is 0 Å². The molecule has 10 atom stereocenters. The van der Waals surface area contributed by atoms with Gasteiger partial charge in [-0.3, -0.25) is 9.59 Å². The topological polar surface area (TPSA) is 63.6 Å². The predicted molar refractivity (Wildman–Crippen MR) is 112 cm³/mol. The maximum Gasteiger partial charge on any atom is 0.321 e. The van der Waals surface area contributed by atoms with Gasteiger partial charge >= 0.3 is 5.97 Å². The Morgan fingerprint density at radius 3 is 2.52 bits per heavy atom. The molecule has 29 heavy (non-hydrogen) atoms. The number of Topliss-reactive ketones (excluding diaryl/α,β-unsaturated/α-hetero) is 1. The fraction of sp³-hybridized carbons (Fsp3) is 0.917. The Labute approximate surface area is 180 Å². The average Bonchev–Trinajstić information content (AvgIpc) is 2.91. The highest BCUT2D eigenvalue weighted by Crippen LogP contribution is 2.68. The third-order valence-corrected chi connectivity index (χ3v) is 9.94. The number of alkyl halides is 1. The monoisotopic (exact) mass is 424 g/mol. The van der Waals surface area contributed by atoms with Crippen LogP contribution in [0.15, 0.2) is 0 Å². The summed E-state index contributed by atoms with van der Waals surface area (Å²) < 4.78 is 6.04. The van der Waals surface area contributed by atoms with Crippen molar-refractivity contribution in [2.24, 2.45) is 46.3 Å². The number of hydrogen-bond acceptors (Lipinski definition) is 4. The van der Waals surface area contributed by atoms with Gasteiger partial charge in [0, 0.05) is 11.8 Å². The van der Waals surface area contributed by atoms with Crippen LogP contribution in [0, 0.1) is 46.3 Å². The highest BCUT2D eigenvalue weighted by molar-refractivity contribution is 6.26. The third kappa shape index (κ3) is 3.28.